The van der Waals surface area contributed by atoms with Crippen LogP contribution in [0.2, 0.25) is 5.02 Å². The van der Waals surface area contributed by atoms with Gasteiger partial charge in [0.2, 0.25) is 0 Å². The predicted molar refractivity (Wildman–Crippen MR) is 100 cm³/mol. The van der Waals surface area contributed by atoms with Crippen LogP contribution in [0.5, 0.6) is 0 Å². The van der Waals surface area contributed by atoms with Gasteiger partial charge in [-0.3, -0.25) is 9.59 Å². The molecule has 0 saturated heterocycles. The number of amides is 2. The molecular formula is C20H13ClF2N2O2. The van der Waals surface area contributed by atoms with Gasteiger partial charge in [-0.1, -0.05) is 29.8 Å². The summed E-state index contributed by atoms with van der Waals surface area (Å²) in [5.41, 5.74) is 0.0465. The largest absolute Gasteiger partial charge is 0.322 e. The Morgan fingerprint density at radius 3 is 2.04 bits per heavy atom. The van der Waals surface area contributed by atoms with E-state index in [1.807, 2.05) is 0 Å². The number of benzene rings is 3. The number of halogens is 3. The third-order valence-electron chi connectivity index (χ3n) is 3.71. The minimum atomic E-state index is -0.990. The van der Waals surface area contributed by atoms with Crippen LogP contribution in [0.15, 0.2) is 66.7 Å². The Morgan fingerprint density at radius 1 is 0.741 bits per heavy atom. The third-order valence-corrected chi connectivity index (χ3v) is 3.96. The van der Waals surface area contributed by atoms with Crippen LogP contribution in [0.1, 0.15) is 20.7 Å². The van der Waals surface area contributed by atoms with E-state index in [-0.39, 0.29) is 11.3 Å². The second-order valence-corrected chi connectivity index (χ2v) is 5.99. The molecule has 27 heavy (non-hydrogen) atoms. The van der Waals surface area contributed by atoms with Crippen molar-refractivity contribution in [3.63, 3.8) is 0 Å². The Hall–Kier alpha value is -3.25. The maximum Gasteiger partial charge on any atom is 0.261 e. The first-order chi connectivity index (χ1) is 13.0. The topological polar surface area (TPSA) is 58.2 Å². The van der Waals surface area contributed by atoms with Crippen molar-refractivity contribution in [1.82, 2.24) is 0 Å². The summed E-state index contributed by atoms with van der Waals surface area (Å²) in [5, 5.41) is 5.57. The van der Waals surface area contributed by atoms with Crippen LogP contribution in [0, 0.1) is 11.6 Å². The summed E-state index contributed by atoms with van der Waals surface area (Å²) >= 11 is 5.81. The summed E-state index contributed by atoms with van der Waals surface area (Å²) in [7, 11) is 0. The van der Waals surface area contributed by atoms with Crippen LogP contribution >= 0.6 is 11.6 Å². The van der Waals surface area contributed by atoms with Gasteiger partial charge in [0, 0.05) is 10.7 Å². The zero-order valence-electron chi connectivity index (χ0n) is 13.8. The smallest absolute Gasteiger partial charge is 0.261 e. The van der Waals surface area contributed by atoms with Crippen molar-refractivity contribution in [3.8, 4) is 0 Å². The van der Waals surface area contributed by atoms with Crippen LogP contribution in [0.25, 0.3) is 0 Å². The number of carbonyl (C=O) groups is 2. The summed E-state index contributed by atoms with van der Waals surface area (Å²) < 4.78 is 27.6. The standard InChI is InChI=1S/C20H13ClF2N2O2/c21-12-8-10-13(11-9-12)24-19(26)14-4-1-2-7-17(14)25-20(27)18-15(22)5-3-6-16(18)23/h1-11H,(H,24,26)(H,25,27). The van der Waals surface area contributed by atoms with Crippen LogP contribution in [-0.4, -0.2) is 11.8 Å². The molecule has 2 amide bonds. The molecule has 0 aliphatic rings. The first-order valence-corrected chi connectivity index (χ1v) is 8.25. The van der Waals surface area contributed by atoms with Crippen molar-refractivity contribution in [3.05, 3.63) is 94.5 Å². The summed E-state index contributed by atoms with van der Waals surface area (Å²) in [4.78, 5) is 24.8. The van der Waals surface area contributed by atoms with Gasteiger partial charge in [-0.05, 0) is 48.5 Å². The number of carbonyl (C=O) groups excluding carboxylic acids is 2. The average molecular weight is 387 g/mol. The highest BCUT2D eigenvalue weighted by Gasteiger charge is 2.19. The van der Waals surface area contributed by atoms with E-state index < -0.39 is 29.0 Å². The van der Waals surface area contributed by atoms with Gasteiger partial charge in [0.05, 0.1) is 11.3 Å². The lowest BCUT2D eigenvalue weighted by Crippen LogP contribution is -2.20. The zero-order chi connectivity index (χ0) is 19.4. The SMILES string of the molecule is O=C(Nc1ccc(Cl)cc1)c1ccccc1NC(=O)c1c(F)cccc1F. The van der Waals surface area contributed by atoms with E-state index >= 15 is 0 Å². The number of para-hydroxylation sites is 1. The molecule has 0 aliphatic heterocycles. The van der Waals surface area contributed by atoms with Crippen molar-refractivity contribution in [2.24, 2.45) is 0 Å². The third kappa shape index (κ3) is 4.30. The molecule has 0 saturated carbocycles. The molecule has 0 heterocycles. The van der Waals surface area contributed by atoms with Crippen molar-refractivity contribution in [1.29, 1.82) is 0 Å². The highest BCUT2D eigenvalue weighted by molar-refractivity contribution is 6.30. The molecule has 3 aromatic rings. The van der Waals surface area contributed by atoms with E-state index in [9.17, 15) is 18.4 Å². The van der Waals surface area contributed by atoms with Crippen molar-refractivity contribution >= 4 is 34.8 Å². The van der Waals surface area contributed by atoms with Gasteiger partial charge in [-0.15, -0.1) is 0 Å². The first-order valence-electron chi connectivity index (χ1n) is 7.87. The molecule has 136 valence electrons. The molecule has 0 spiro atoms. The highest BCUT2D eigenvalue weighted by atomic mass is 35.5. The lowest BCUT2D eigenvalue weighted by atomic mass is 10.1. The molecule has 0 aromatic heterocycles. The van der Waals surface area contributed by atoms with E-state index in [1.54, 1.807) is 36.4 Å². The Balaban J connectivity index is 1.84. The van der Waals surface area contributed by atoms with E-state index in [4.69, 9.17) is 11.6 Å². The molecule has 3 aromatic carbocycles. The molecule has 0 unspecified atom stereocenters. The number of hydrogen-bond donors (Lipinski definition) is 2. The molecule has 0 bridgehead atoms. The number of anilines is 2. The van der Waals surface area contributed by atoms with Gasteiger partial charge in [-0.25, -0.2) is 8.78 Å². The molecule has 4 nitrogen and oxygen atoms in total. The van der Waals surface area contributed by atoms with Gasteiger partial charge in [-0.2, -0.15) is 0 Å². The second-order valence-electron chi connectivity index (χ2n) is 5.56. The molecule has 0 radical (unpaired) electrons. The van der Waals surface area contributed by atoms with E-state index in [0.29, 0.717) is 10.7 Å². The minimum absolute atomic E-state index is 0.122. The molecule has 2 N–H and O–H groups in total. The normalized spacial score (nSPS) is 10.3. The van der Waals surface area contributed by atoms with Gasteiger partial charge >= 0.3 is 0 Å². The number of nitrogens with one attached hydrogen (secondary N) is 2. The summed E-state index contributed by atoms with van der Waals surface area (Å²) in [6.45, 7) is 0. The summed E-state index contributed by atoms with van der Waals surface area (Å²) in [6.07, 6.45) is 0. The molecule has 3 rings (SSSR count). The molecule has 0 aliphatic carbocycles. The average Bonchev–Trinajstić information content (AvgIpc) is 2.64. The quantitative estimate of drug-likeness (QED) is 0.653. The van der Waals surface area contributed by atoms with E-state index in [2.05, 4.69) is 10.6 Å². The Labute approximate surface area is 158 Å². The predicted octanol–water partition coefficient (Wildman–Crippen LogP) is 5.12. The fourth-order valence-corrected chi connectivity index (χ4v) is 2.55. The maximum atomic E-state index is 13.8. The molecule has 7 heteroatoms. The number of hydrogen-bond acceptors (Lipinski definition) is 2. The molecule has 0 fully saturated rings. The van der Waals surface area contributed by atoms with Crippen molar-refractivity contribution in [2.45, 2.75) is 0 Å². The van der Waals surface area contributed by atoms with Gasteiger partial charge in [0.1, 0.15) is 17.2 Å². The van der Waals surface area contributed by atoms with Crippen LogP contribution < -0.4 is 10.6 Å². The van der Waals surface area contributed by atoms with Gasteiger partial charge in [0.25, 0.3) is 11.8 Å². The summed E-state index contributed by atoms with van der Waals surface area (Å²) in [6, 6.07) is 15.8. The highest BCUT2D eigenvalue weighted by Crippen LogP contribution is 2.21. The Morgan fingerprint density at radius 2 is 1.37 bits per heavy atom. The van der Waals surface area contributed by atoms with Gasteiger partial charge < -0.3 is 10.6 Å². The minimum Gasteiger partial charge on any atom is -0.322 e. The van der Waals surface area contributed by atoms with E-state index in [1.165, 1.54) is 12.1 Å². The van der Waals surface area contributed by atoms with Crippen molar-refractivity contribution in [2.75, 3.05) is 10.6 Å². The van der Waals surface area contributed by atoms with Crippen LogP contribution in [0.3, 0.4) is 0 Å². The van der Waals surface area contributed by atoms with Gasteiger partial charge in [0.15, 0.2) is 0 Å². The van der Waals surface area contributed by atoms with Crippen LogP contribution in [0.4, 0.5) is 20.2 Å². The fraction of sp³-hybridized carbons (Fsp3) is 0. The number of rotatable bonds is 4. The monoisotopic (exact) mass is 386 g/mol. The zero-order valence-corrected chi connectivity index (χ0v) is 14.6. The Kier molecular flexibility index (Phi) is 5.47. The fourth-order valence-electron chi connectivity index (χ4n) is 2.42. The first kappa shape index (κ1) is 18.5. The maximum absolute atomic E-state index is 13.8. The van der Waals surface area contributed by atoms with Crippen LogP contribution in [-0.2, 0) is 0 Å². The summed E-state index contributed by atoms with van der Waals surface area (Å²) in [5.74, 6) is -3.47. The van der Waals surface area contributed by atoms with E-state index in [0.717, 1.165) is 18.2 Å². The van der Waals surface area contributed by atoms with Crippen molar-refractivity contribution < 1.29 is 18.4 Å². The molecular weight excluding hydrogens is 374 g/mol. The lowest BCUT2D eigenvalue weighted by molar-refractivity contribution is 0.101. The lowest BCUT2D eigenvalue weighted by Gasteiger charge is -2.12. The Bertz CT molecular complexity index is 987. The second kappa shape index (κ2) is 7.97. The molecule has 0 atom stereocenters.